The standard InChI is InChI=1S/C17H24N2OS/c1-12(2)13-4-6-14(7-5-13)17-15(8-10-18)21-16(19-17)9-11-20-3/h4-7,12H,8-11,18H2,1-3H3. The van der Waals surface area contributed by atoms with Gasteiger partial charge in [0.25, 0.3) is 0 Å². The van der Waals surface area contributed by atoms with Gasteiger partial charge in [0.15, 0.2) is 0 Å². The van der Waals surface area contributed by atoms with Crippen LogP contribution in [0, 0.1) is 0 Å². The molecule has 0 saturated carbocycles. The van der Waals surface area contributed by atoms with E-state index in [2.05, 4.69) is 38.1 Å². The Hall–Kier alpha value is -1.23. The van der Waals surface area contributed by atoms with Crippen LogP contribution in [0.5, 0.6) is 0 Å². The number of hydrogen-bond acceptors (Lipinski definition) is 4. The second kappa shape index (κ2) is 7.69. The Morgan fingerprint density at radius 1 is 1.19 bits per heavy atom. The summed E-state index contributed by atoms with van der Waals surface area (Å²) in [6.07, 6.45) is 1.74. The van der Waals surface area contributed by atoms with Crippen LogP contribution in [0.2, 0.25) is 0 Å². The minimum Gasteiger partial charge on any atom is -0.384 e. The van der Waals surface area contributed by atoms with E-state index in [1.807, 2.05) is 0 Å². The molecule has 3 nitrogen and oxygen atoms in total. The molecule has 1 heterocycles. The molecule has 0 saturated heterocycles. The predicted molar refractivity (Wildman–Crippen MR) is 90.0 cm³/mol. The van der Waals surface area contributed by atoms with E-state index in [-0.39, 0.29) is 0 Å². The van der Waals surface area contributed by atoms with E-state index >= 15 is 0 Å². The van der Waals surface area contributed by atoms with Crippen molar-refractivity contribution in [3.05, 3.63) is 39.7 Å². The number of thiazole rings is 1. The van der Waals surface area contributed by atoms with Gasteiger partial charge in [0.1, 0.15) is 0 Å². The average molecular weight is 304 g/mol. The van der Waals surface area contributed by atoms with Gasteiger partial charge in [-0.25, -0.2) is 4.98 Å². The number of benzene rings is 1. The first-order chi connectivity index (χ1) is 10.2. The Morgan fingerprint density at radius 2 is 1.90 bits per heavy atom. The molecule has 0 amide bonds. The van der Waals surface area contributed by atoms with Gasteiger partial charge in [-0.3, -0.25) is 0 Å². The van der Waals surface area contributed by atoms with Gasteiger partial charge in [-0.2, -0.15) is 0 Å². The lowest BCUT2D eigenvalue weighted by molar-refractivity contribution is 0.202. The molecule has 0 aliphatic heterocycles. The van der Waals surface area contributed by atoms with Crippen LogP contribution in [0.4, 0.5) is 0 Å². The third-order valence-corrected chi connectivity index (χ3v) is 4.66. The minimum absolute atomic E-state index is 0.551. The van der Waals surface area contributed by atoms with Gasteiger partial charge >= 0.3 is 0 Å². The van der Waals surface area contributed by atoms with Gasteiger partial charge in [-0.05, 0) is 24.4 Å². The summed E-state index contributed by atoms with van der Waals surface area (Å²) in [6.45, 7) is 5.78. The maximum absolute atomic E-state index is 5.73. The van der Waals surface area contributed by atoms with Crippen molar-refractivity contribution in [2.45, 2.75) is 32.6 Å². The monoisotopic (exact) mass is 304 g/mol. The quantitative estimate of drug-likeness (QED) is 0.850. The van der Waals surface area contributed by atoms with Crippen LogP contribution in [0.3, 0.4) is 0 Å². The summed E-state index contributed by atoms with van der Waals surface area (Å²) >= 11 is 1.76. The third-order valence-electron chi connectivity index (χ3n) is 3.48. The normalized spacial score (nSPS) is 11.3. The summed E-state index contributed by atoms with van der Waals surface area (Å²) in [7, 11) is 1.72. The first-order valence-corrected chi connectivity index (χ1v) is 8.25. The fourth-order valence-electron chi connectivity index (χ4n) is 2.25. The molecule has 0 unspecified atom stereocenters. The van der Waals surface area contributed by atoms with Crippen molar-refractivity contribution in [3.8, 4) is 11.3 Å². The zero-order valence-corrected chi connectivity index (χ0v) is 13.9. The summed E-state index contributed by atoms with van der Waals surface area (Å²) in [5, 5.41) is 1.13. The van der Waals surface area contributed by atoms with Crippen molar-refractivity contribution in [2.75, 3.05) is 20.3 Å². The number of nitrogens with two attached hydrogens (primary N) is 1. The lowest BCUT2D eigenvalue weighted by atomic mass is 10.0. The Kier molecular flexibility index (Phi) is 5.91. The minimum atomic E-state index is 0.551. The Balaban J connectivity index is 2.29. The van der Waals surface area contributed by atoms with E-state index in [1.165, 1.54) is 16.0 Å². The second-order valence-corrected chi connectivity index (χ2v) is 6.61. The summed E-state index contributed by atoms with van der Waals surface area (Å²) in [4.78, 5) is 6.07. The molecule has 1 aromatic carbocycles. The first-order valence-electron chi connectivity index (χ1n) is 7.43. The van der Waals surface area contributed by atoms with E-state index < -0.39 is 0 Å². The molecule has 0 bridgehead atoms. The van der Waals surface area contributed by atoms with E-state index in [9.17, 15) is 0 Å². The molecule has 2 aromatic rings. The molecule has 1 aromatic heterocycles. The highest BCUT2D eigenvalue weighted by Gasteiger charge is 2.13. The van der Waals surface area contributed by atoms with E-state index in [4.69, 9.17) is 15.5 Å². The maximum Gasteiger partial charge on any atom is 0.0958 e. The van der Waals surface area contributed by atoms with Crippen molar-refractivity contribution in [1.29, 1.82) is 0 Å². The van der Waals surface area contributed by atoms with Crippen LogP contribution >= 0.6 is 11.3 Å². The van der Waals surface area contributed by atoms with E-state index in [0.29, 0.717) is 19.1 Å². The largest absolute Gasteiger partial charge is 0.384 e. The van der Waals surface area contributed by atoms with Crippen molar-refractivity contribution >= 4 is 11.3 Å². The molecule has 0 radical (unpaired) electrons. The van der Waals surface area contributed by atoms with E-state index in [0.717, 1.165) is 23.5 Å². The molecule has 0 atom stereocenters. The number of nitrogens with zero attached hydrogens (tertiary/aromatic N) is 1. The Labute approximate surface area is 131 Å². The SMILES string of the molecule is COCCc1nc(-c2ccc(C(C)C)cc2)c(CCN)s1. The molecule has 2 N–H and O–H groups in total. The molecule has 2 rings (SSSR count). The van der Waals surface area contributed by atoms with Gasteiger partial charge in [0.2, 0.25) is 0 Å². The van der Waals surface area contributed by atoms with Crippen molar-refractivity contribution < 1.29 is 4.74 Å². The molecule has 21 heavy (non-hydrogen) atoms. The van der Waals surface area contributed by atoms with Crippen LogP contribution in [0.15, 0.2) is 24.3 Å². The molecular weight excluding hydrogens is 280 g/mol. The van der Waals surface area contributed by atoms with Crippen molar-refractivity contribution in [3.63, 3.8) is 0 Å². The summed E-state index contributed by atoms with van der Waals surface area (Å²) < 4.78 is 5.14. The number of hydrogen-bond donors (Lipinski definition) is 1. The summed E-state index contributed by atoms with van der Waals surface area (Å²) in [6, 6.07) is 8.73. The number of methoxy groups -OCH3 is 1. The molecule has 0 aliphatic carbocycles. The molecule has 0 spiro atoms. The number of aromatic nitrogens is 1. The highest BCUT2D eigenvalue weighted by Crippen LogP contribution is 2.30. The number of ether oxygens (including phenoxy) is 1. The smallest absolute Gasteiger partial charge is 0.0958 e. The van der Waals surface area contributed by atoms with Gasteiger partial charge in [0.05, 0.1) is 17.3 Å². The zero-order valence-electron chi connectivity index (χ0n) is 13.1. The van der Waals surface area contributed by atoms with E-state index in [1.54, 1.807) is 18.4 Å². The third kappa shape index (κ3) is 4.13. The fourth-order valence-corrected chi connectivity index (χ4v) is 3.34. The van der Waals surface area contributed by atoms with Gasteiger partial charge < -0.3 is 10.5 Å². The van der Waals surface area contributed by atoms with Crippen molar-refractivity contribution in [2.24, 2.45) is 5.73 Å². The maximum atomic E-state index is 5.73. The zero-order chi connectivity index (χ0) is 15.2. The topological polar surface area (TPSA) is 48.1 Å². The van der Waals surface area contributed by atoms with Crippen LogP contribution in [-0.4, -0.2) is 25.2 Å². The molecular formula is C17H24N2OS. The molecule has 0 aliphatic rings. The van der Waals surface area contributed by atoms with Crippen LogP contribution in [0.25, 0.3) is 11.3 Å². The second-order valence-electron chi connectivity index (χ2n) is 5.44. The van der Waals surface area contributed by atoms with Crippen LogP contribution in [-0.2, 0) is 17.6 Å². The molecule has 114 valence electrons. The molecule has 0 fully saturated rings. The highest BCUT2D eigenvalue weighted by atomic mass is 32.1. The van der Waals surface area contributed by atoms with Crippen LogP contribution < -0.4 is 5.73 Å². The molecule has 4 heteroatoms. The Morgan fingerprint density at radius 3 is 2.48 bits per heavy atom. The van der Waals surface area contributed by atoms with Gasteiger partial charge in [0, 0.05) is 24.0 Å². The summed E-state index contributed by atoms with van der Waals surface area (Å²) in [5.41, 5.74) is 9.36. The predicted octanol–water partition coefficient (Wildman–Crippen LogP) is 3.62. The van der Waals surface area contributed by atoms with Gasteiger partial charge in [-0.1, -0.05) is 38.1 Å². The Bertz CT molecular complexity index is 561. The fraction of sp³-hybridized carbons (Fsp3) is 0.471. The lowest BCUT2D eigenvalue weighted by Crippen LogP contribution is -2.02. The lowest BCUT2D eigenvalue weighted by Gasteiger charge is -2.06. The summed E-state index contributed by atoms with van der Waals surface area (Å²) in [5.74, 6) is 0.551. The van der Waals surface area contributed by atoms with Crippen molar-refractivity contribution in [1.82, 2.24) is 4.98 Å². The van der Waals surface area contributed by atoms with Crippen LogP contribution in [0.1, 0.15) is 35.2 Å². The first kappa shape index (κ1) is 16.1. The van der Waals surface area contributed by atoms with Gasteiger partial charge in [-0.15, -0.1) is 11.3 Å². The highest BCUT2D eigenvalue weighted by molar-refractivity contribution is 7.12. The average Bonchev–Trinajstić information content (AvgIpc) is 2.88. The number of rotatable bonds is 7.